The van der Waals surface area contributed by atoms with E-state index >= 15 is 0 Å². The maximum atomic E-state index is 11.6. The van der Waals surface area contributed by atoms with E-state index in [9.17, 15) is 4.79 Å². The molecule has 0 aliphatic rings. The van der Waals surface area contributed by atoms with Gasteiger partial charge in [0.15, 0.2) is 0 Å². The quantitative estimate of drug-likeness (QED) is 0.536. The van der Waals surface area contributed by atoms with Crippen LogP contribution in [-0.4, -0.2) is 28.9 Å². The lowest BCUT2D eigenvalue weighted by molar-refractivity contribution is -0.133. The summed E-state index contributed by atoms with van der Waals surface area (Å²) in [6.07, 6.45) is 2.28. The summed E-state index contributed by atoms with van der Waals surface area (Å²) in [5.41, 5.74) is 5.38. The zero-order valence-electron chi connectivity index (χ0n) is 8.82. The molecule has 0 saturated heterocycles. The Labute approximate surface area is 91.0 Å². The van der Waals surface area contributed by atoms with Crippen molar-refractivity contribution in [1.82, 2.24) is 4.90 Å². The molecule has 80 valence electrons. The Bertz CT molecular complexity index is 226. The number of nitrogens with zero attached hydrogens (tertiary/aromatic N) is 1. The van der Waals surface area contributed by atoms with Crippen molar-refractivity contribution < 1.29 is 4.79 Å². The van der Waals surface area contributed by atoms with Crippen molar-refractivity contribution in [1.29, 1.82) is 0 Å². The van der Waals surface area contributed by atoms with Crippen LogP contribution in [0.3, 0.4) is 0 Å². The van der Waals surface area contributed by atoms with Gasteiger partial charge < -0.3 is 10.6 Å². The van der Waals surface area contributed by atoms with Crippen LogP contribution in [-0.2, 0) is 4.79 Å². The number of amides is 1. The second kappa shape index (κ2) is 6.54. The van der Waals surface area contributed by atoms with E-state index in [0.717, 1.165) is 0 Å². The molecule has 0 radical (unpaired) electrons. The molecule has 2 N–H and O–H groups in total. The number of carbonyl (C=O) groups is 1. The van der Waals surface area contributed by atoms with Gasteiger partial charge in [0.05, 0.1) is 4.99 Å². The summed E-state index contributed by atoms with van der Waals surface area (Å²) >= 11 is 4.76. The lowest BCUT2D eigenvalue weighted by Gasteiger charge is -2.22. The average Bonchev–Trinajstić information content (AvgIpc) is 2.10. The molecule has 0 spiro atoms. The molecule has 0 heterocycles. The Kier molecular flexibility index (Phi) is 6.12. The molecule has 0 unspecified atom stereocenters. The summed E-state index contributed by atoms with van der Waals surface area (Å²) in [7, 11) is 0. The van der Waals surface area contributed by atoms with Crippen molar-refractivity contribution in [2.75, 3.05) is 13.1 Å². The molecule has 0 aliphatic carbocycles. The lowest BCUT2D eigenvalue weighted by atomic mass is 10.2. The van der Waals surface area contributed by atoms with Crippen LogP contribution in [0.4, 0.5) is 0 Å². The highest BCUT2D eigenvalue weighted by molar-refractivity contribution is 7.80. The van der Waals surface area contributed by atoms with Crippen LogP contribution >= 0.6 is 12.2 Å². The fourth-order valence-electron chi connectivity index (χ4n) is 1.06. The van der Waals surface area contributed by atoms with Gasteiger partial charge in [-0.25, -0.2) is 0 Å². The number of hydrogen-bond acceptors (Lipinski definition) is 2. The predicted octanol–water partition coefficient (Wildman–Crippen LogP) is 1.33. The lowest BCUT2D eigenvalue weighted by Crippen LogP contribution is -2.36. The topological polar surface area (TPSA) is 46.3 Å². The summed E-state index contributed by atoms with van der Waals surface area (Å²) in [6, 6.07) is 0. The highest BCUT2D eigenvalue weighted by atomic mass is 32.1. The van der Waals surface area contributed by atoms with Crippen LogP contribution in [0.5, 0.6) is 0 Å². The third-order valence-electron chi connectivity index (χ3n) is 1.78. The molecule has 0 atom stereocenters. The van der Waals surface area contributed by atoms with E-state index in [1.807, 2.05) is 13.8 Å². The zero-order chi connectivity index (χ0) is 11.1. The van der Waals surface area contributed by atoms with E-state index in [2.05, 4.69) is 6.58 Å². The van der Waals surface area contributed by atoms with Crippen molar-refractivity contribution in [2.45, 2.75) is 20.3 Å². The van der Waals surface area contributed by atoms with E-state index < -0.39 is 0 Å². The first-order valence-electron chi connectivity index (χ1n) is 4.67. The van der Waals surface area contributed by atoms with Gasteiger partial charge in [-0.05, 0) is 0 Å². The predicted molar refractivity (Wildman–Crippen MR) is 63.0 cm³/mol. The highest BCUT2D eigenvalue weighted by Gasteiger charge is 2.15. The monoisotopic (exact) mass is 214 g/mol. The maximum absolute atomic E-state index is 11.6. The molecule has 4 heteroatoms. The summed E-state index contributed by atoms with van der Waals surface area (Å²) in [4.78, 5) is 13.8. The van der Waals surface area contributed by atoms with Crippen LogP contribution in [0, 0.1) is 5.92 Å². The molecule has 3 nitrogen and oxygen atoms in total. The fourth-order valence-corrected chi connectivity index (χ4v) is 1.15. The Hall–Kier alpha value is -0.900. The van der Waals surface area contributed by atoms with E-state index in [4.69, 9.17) is 18.0 Å². The first kappa shape index (κ1) is 13.1. The normalized spacial score (nSPS) is 9.93. The smallest absolute Gasteiger partial charge is 0.225 e. The second-order valence-corrected chi connectivity index (χ2v) is 3.97. The summed E-state index contributed by atoms with van der Waals surface area (Å²) in [5, 5.41) is 0. The van der Waals surface area contributed by atoms with Crippen LogP contribution in [0.15, 0.2) is 12.7 Å². The van der Waals surface area contributed by atoms with Gasteiger partial charge in [0, 0.05) is 25.4 Å². The summed E-state index contributed by atoms with van der Waals surface area (Å²) in [6.45, 7) is 8.50. The summed E-state index contributed by atoms with van der Waals surface area (Å²) < 4.78 is 0. The third kappa shape index (κ3) is 4.97. The van der Waals surface area contributed by atoms with Crippen molar-refractivity contribution in [3.8, 4) is 0 Å². The molecule has 0 bridgehead atoms. The van der Waals surface area contributed by atoms with Crippen molar-refractivity contribution in [2.24, 2.45) is 11.7 Å². The minimum absolute atomic E-state index is 0.00120. The first-order valence-corrected chi connectivity index (χ1v) is 5.07. The minimum Gasteiger partial charge on any atom is -0.393 e. The summed E-state index contributed by atoms with van der Waals surface area (Å²) in [5.74, 6) is 0.113. The van der Waals surface area contributed by atoms with Crippen LogP contribution in [0.25, 0.3) is 0 Å². The van der Waals surface area contributed by atoms with Gasteiger partial charge in [-0.1, -0.05) is 32.1 Å². The Morgan fingerprint density at radius 2 is 2.21 bits per heavy atom. The first-order chi connectivity index (χ1) is 6.49. The van der Waals surface area contributed by atoms with Gasteiger partial charge >= 0.3 is 0 Å². The molecule has 0 aromatic heterocycles. The minimum atomic E-state index is 0.00120. The van der Waals surface area contributed by atoms with E-state index in [1.165, 1.54) is 0 Å². The van der Waals surface area contributed by atoms with Crippen LogP contribution < -0.4 is 5.73 Å². The zero-order valence-corrected chi connectivity index (χ0v) is 9.64. The molecule has 0 aromatic rings. The Morgan fingerprint density at radius 1 is 1.64 bits per heavy atom. The maximum Gasteiger partial charge on any atom is 0.225 e. The van der Waals surface area contributed by atoms with Gasteiger partial charge in [0.25, 0.3) is 0 Å². The Balaban J connectivity index is 4.20. The SMILES string of the molecule is C=CCN(CCC(N)=S)C(=O)C(C)C. The highest BCUT2D eigenvalue weighted by Crippen LogP contribution is 2.02. The van der Waals surface area contributed by atoms with E-state index in [-0.39, 0.29) is 11.8 Å². The fraction of sp³-hybridized carbons (Fsp3) is 0.600. The van der Waals surface area contributed by atoms with Crippen LogP contribution in [0.1, 0.15) is 20.3 Å². The number of nitrogens with two attached hydrogens (primary N) is 1. The van der Waals surface area contributed by atoms with Gasteiger partial charge in [-0.3, -0.25) is 4.79 Å². The molecule has 0 aromatic carbocycles. The van der Waals surface area contributed by atoms with Crippen molar-refractivity contribution in [3.05, 3.63) is 12.7 Å². The van der Waals surface area contributed by atoms with E-state index in [0.29, 0.717) is 24.5 Å². The van der Waals surface area contributed by atoms with Crippen LogP contribution in [0.2, 0.25) is 0 Å². The van der Waals surface area contributed by atoms with Gasteiger partial charge in [-0.2, -0.15) is 0 Å². The second-order valence-electron chi connectivity index (χ2n) is 3.44. The Morgan fingerprint density at radius 3 is 2.57 bits per heavy atom. The molecular weight excluding hydrogens is 196 g/mol. The molecule has 0 fully saturated rings. The van der Waals surface area contributed by atoms with Gasteiger partial charge in [0.1, 0.15) is 0 Å². The number of carbonyl (C=O) groups excluding carboxylic acids is 1. The molecule has 1 amide bonds. The number of hydrogen-bond donors (Lipinski definition) is 1. The third-order valence-corrected chi connectivity index (χ3v) is 1.99. The van der Waals surface area contributed by atoms with Crippen molar-refractivity contribution in [3.63, 3.8) is 0 Å². The molecule has 14 heavy (non-hydrogen) atoms. The molecular formula is C10H18N2OS. The number of rotatable bonds is 6. The average molecular weight is 214 g/mol. The molecule has 0 rings (SSSR count). The molecule has 0 aliphatic heterocycles. The van der Waals surface area contributed by atoms with Gasteiger partial charge in [0.2, 0.25) is 5.91 Å². The number of thiocarbonyl (C=S) groups is 1. The van der Waals surface area contributed by atoms with E-state index in [1.54, 1.807) is 11.0 Å². The largest absolute Gasteiger partial charge is 0.393 e. The molecule has 0 saturated carbocycles. The van der Waals surface area contributed by atoms with Crippen molar-refractivity contribution >= 4 is 23.1 Å². The van der Waals surface area contributed by atoms with Gasteiger partial charge in [-0.15, -0.1) is 6.58 Å². The standard InChI is InChI=1S/C10H18N2OS/c1-4-6-12(7-5-9(11)14)10(13)8(2)3/h4,8H,1,5-7H2,2-3H3,(H2,11,14).